The molecule has 0 fully saturated rings. The molecule has 0 aromatic heterocycles. The van der Waals surface area contributed by atoms with Gasteiger partial charge in [-0.15, -0.1) is 0 Å². The van der Waals surface area contributed by atoms with Crippen molar-refractivity contribution in [1.29, 1.82) is 0 Å². The average Bonchev–Trinajstić information content (AvgIpc) is 2.05. The van der Waals surface area contributed by atoms with Crippen LogP contribution in [0.3, 0.4) is 0 Å². The van der Waals surface area contributed by atoms with Crippen LogP contribution in [0.2, 0.25) is 0 Å². The zero-order chi connectivity index (χ0) is 8.69. The van der Waals surface area contributed by atoms with Crippen LogP contribution in [0.4, 0.5) is 0 Å². The monoisotopic (exact) mass is 157 g/mol. The summed E-state index contributed by atoms with van der Waals surface area (Å²) in [6.07, 6.45) is 4.68. The van der Waals surface area contributed by atoms with Gasteiger partial charge in [0.2, 0.25) is 0 Å². The molecule has 1 radical (unpaired) electrons. The summed E-state index contributed by atoms with van der Waals surface area (Å²) in [4.78, 5) is 0. The molecule has 0 aliphatic rings. The standard InChI is InChI=1S/C10H21O/c1-4-7-9(5-2)10(6-3)8-11/h9-10H,4-8H2,1-3H3. The van der Waals surface area contributed by atoms with Crippen molar-refractivity contribution in [3.63, 3.8) is 0 Å². The normalized spacial score (nSPS) is 16.4. The minimum atomic E-state index is 0.120. The van der Waals surface area contributed by atoms with Crippen LogP contribution in [0.1, 0.15) is 46.5 Å². The Kier molecular flexibility index (Phi) is 6.63. The fourth-order valence-electron chi connectivity index (χ4n) is 1.73. The predicted molar refractivity (Wildman–Crippen MR) is 48.0 cm³/mol. The molecule has 0 N–H and O–H groups in total. The molecule has 0 spiro atoms. The second-order valence-electron chi connectivity index (χ2n) is 3.29. The van der Waals surface area contributed by atoms with Gasteiger partial charge in [0.05, 0.1) is 6.61 Å². The van der Waals surface area contributed by atoms with Crippen LogP contribution in [0.25, 0.3) is 0 Å². The molecule has 67 valence electrons. The first kappa shape index (κ1) is 11.0. The van der Waals surface area contributed by atoms with E-state index in [4.69, 9.17) is 0 Å². The fraction of sp³-hybridized carbons (Fsp3) is 1.00. The SMILES string of the molecule is CCCC(CC)C(CC)C[O]. The third-order valence-electron chi connectivity index (χ3n) is 2.59. The van der Waals surface area contributed by atoms with Gasteiger partial charge in [0.15, 0.2) is 0 Å². The molecule has 0 aliphatic heterocycles. The minimum Gasteiger partial charge on any atom is -0.236 e. The molecule has 11 heavy (non-hydrogen) atoms. The maximum Gasteiger partial charge on any atom is 0.0853 e. The van der Waals surface area contributed by atoms with Crippen molar-refractivity contribution in [2.45, 2.75) is 46.5 Å². The Morgan fingerprint density at radius 3 is 1.82 bits per heavy atom. The molecule has 0 saturated carbocycles. The second-order valence-corrected chi connectivity index (χ2v) is 3.29. The van der Waals surface area contributed by atoms with Crippen molar-refractivity contribution in [2.75, 3.05) is 6.61 Å². The maximum atomic E-state index is 10.7. The summed E-state index contributed by atoms with van der Waals surface area (Å²) in [5, 5.41) is 10.7. The van der Waals surface area contributed by atoms with E-state index in [1.54, 1.807) is 0 Å². The number of hydrogen-bond donors (Lipinski definition) is 0. The lowest BCUT2D eigenvalue weighted by Gasteiger charge is -2.21. The largest absolute Gasteiger partial charge is 0.236 e. The van der Waals surface area contributed by atoms with Gasteiger partial charge in [0.1, 0.15) is 0 Å². The van der Waals surface area contributed by atoms with Crippen molar-refractivity contribution in [3.8, 4) is 0 Å². The van der Waals surface area contributed by atoms with Crippen LogP contribution in [-0.2, 0) is 5.11 Å². The first-order valence-corrected chi connectivity index (χ1v) is 4.88. The molecule has 0 amide bonds. The van der Waals surface area contributed by atoms with Crippen molar-refractivity contribution in [2.24, 2.45) is 11.8 Å². The first-order valence-electron chi connectivity index (χ1n) is 4.88. The summed E-state index contributed by atoms with van der Waals surface area (Å²) in [5.41, 5.74) is 0. The average molecular weight is 157 g/mol. The van der Waals surface area contributed by atoms with Crippen LogP contribution in [0.15, 0.2) is 0 Å². The van der Waals surface area contributed by atoms with E-state index in [-0.39, 0.29) is 6.61 Å². The molecule has 1 heteroatoms. The van der Waals surface area contributed by atoms with Gasteiger partial charge in [-0.25, -0.2) is 5.11 Å². The summed E-state index contributed by atoms with van der Waals surface area (Å²) < 4.78 is 0. The highest BCUT2D eigenvalue weighted by Crippen LogP contribution is 2.23. The van der Waals surface area contributed by atoms with Crippen LogP contribution in [0, 0.1) is 11.8 Å². The molecular weight excluding hydrogens is 136 g/mol. The van der Waals surface area contributed by atoms with E-state index in [1.165, 1.54) is 19.3 Å². The summed E-state index contributed by atoms with van der Waals surface area (Å²) in [6, 6.07) is 0. The Hall–Kier alpha value is -0.0400. The van der Waals surface area contributed by atoms with Crippen molar-refractivity contribution in [1.82, 2.24) is 0 Å². The van der Waals surface area contributed by atoms with E-state index in [2.05, 4.69) is 20.8 Å². The predicted octanol–water partition coefficient (Wildman–Crippen LogP) is 3.27. The fourth-order valence-corrected chi connectivity index (χ4v) is 1.73. The summed E-state index contributed by atoms with van der Waals surface area (Å²) in [6.45, 7) is 6.63. The Bertz CT molecular complexity index is 76.9. The molecule has 0 heterocycles. The lowest BCUT2D eigenvalue weighted by Crippen LogP contribution is -2.16. The van der Waals surface area contributed by atoms with Gasteiger partial charge in [0, 0.05) is 0 Å². The zero-order valence-electron chi connectivity index (χ0n) is 8.10. The lowest BCUT2D eigenvalue weighted by molar-refractivity contribution is 0.102. The van der Waals surface area contributed by atoms with E-state index in [0.717, 1.165) is 6.42 Å². The minimum absolute atomic E-state index is 0.120. The van der Waals surface area contributed by atoms with Crippen molar-refractivity contribution in [3.05, 3.63) is 0 Å². The molecule has 2 unspecified atom stereocenters. The van der Waals surface area contributed by atoms with Gasteiger partial charge in [-0.3, -0.25) is 0 Å². The molecule has 0 saturated heterocycles. The summed E-state index contributed by atoms with van der Waals surface area (Å²) in [5.74, 6) is 1.11. The highest BCUT2D eigenvalue weighted by molar-refractivity contribution is 4.66. The third kappa shape index (κ3) is 3.76. The first-order chi connectivity index (χ1) is 5.29. The van der Waals surface area contributed by atoms with Gasteiger partial charge in [-0.1, -0.05) is 46.5 Å². The molecule has 0 rings (SSSR count). The molecule has 0 aliphatic carbocycles. The maximum absolute atomic E-state index is 10.7. The second kappa shape index (κ2) is 6.66. The Morgan fingerprint density at radius 1 is 1.00 bits per heavy atom. The molecule has 0 aromatic carbocycles. The quantitative estimate of drug-likeness (QED) is 0.564. The highest BCUT2D eigenvalue weighted by atomic mass is 16.3. The number of rotatable bonds is 6. The van der Waals surface area contributed by atoms with E-state index in [9.17, 15) is 5.11 Å². The van der Waals surface area contributed by atoms with Crippen LogP contribution in [0.5, 0.6) is 0 Å². The topological polar surface area (TPSA) is 19.9 Å². The molecular formula is C10H21O. The van der Waals surface area contributed by atoms with Gasteiger partial charge in [-0.2, -0.15) is 0 Å². The molecule has 1 nitrogen and oxygen atoms in total. The smallest absolute Gasteiger partial charge is 0.0853 e. The summed E-state index contributed by atoms with van der Waals surface area (Å²) >= 11 is 0. The van der Waals surface area contributed by atoms with E-state index < -0.39 is 0 Å². The lowest BCUT2D eigenvalue weighted by atomic mass is 9.85. The zero-order valence-corrected chi connectivity index (χ0v) is 8.10. The van der Waals surface area contributed by atoms with Crippen LogP contribution >= 0.6 is 0 Å². The Balaban J connectivity index is 3.76. The molecule has 2 atom stereocenters. The Morgan fingerprint density at radius 2 is 1.55 bits per heavy atom. The van der Waals surface area contributed by atoms with Crippen LogP contribution in [-0.4, -0.2) is 6.61 Å². The highest BCUT2D eigenvalue weighted by Gasteiger charge is 2.16. The third-order valence-corrected chi connectivity index (χ3v) is 2.59. The van der Waals surface area contributed by atoms with Crippen molar-refractivity contribution < 1.29 is 5.11 Å². The van der Waals surface area contributed by atoms with Gasteiger partial charge in [-0.05, 0) is 11.8 Å². The Labute approximate surface area is 70.8 Å². The van der Waals surface area contributed by atoms with Gasteiger partial charge < -0.3 is 0 Å². The summed E-state index contributed by atoms with van der Waals surface area (Å²) in [7, 11) is 0. The molecule has 0 aromatic rings. The number of hydrogen-bond acceptors (Lipinski definition) is 0. The van der Waals surface area contributed by atoms with Gasteiger partial charge in [0.25, 0.3) is 0 Å². The van der Waals surface area contributed by atoms with Gasteiger partial charge >= 0.3 is 0 Å². The van der Waals surface area contributed by atoms with Crippen LogP contribution < -0.4 is 0 Å². The van der Waals surface area contributed by atoms with E-state index >= 15 is 0 Å². The van der Waals surface area contributed by atoms with E-state index in [0.29, 0.717) is 11.8 Å². The van der Waals surface area contributed by atoms with Crippen molar-refractivity contribution >= 4 is 0 Å². The van der Waals surface area contributed by atoms with E-state index in [1.807, 2.05) is 0 Å². The molecule has 0 bridgehead atoms.